The molecule has 0 amide bonds. The number of H-pyrrole nitrogens is 2. The Morgan fingerprint density at radius 2 is 1.38 bits per heavy atom. The van der Waals surface area contributed by atoms with Crippen molar-refractivity contribution in [3.63, 3.8) is 0 Å². The molecule has 7 heteroatoms. The average molecular weight is 356 g/mol. The third-order valence-corrected chi connectivity index (χ3v) is 4.92. The third kappa shape index (κ3) is 2.89. The maximum Gasteiger partial charge on any atom is 0.268 e. The maximum atomic E-state index is 12.6. The fraction of sp³-hybridized carbons (Fsp3) is 0.368. The van der Waals surface area contributed by atoms with Crippen LogP contribution < -0.4 is 15.9 Å². The zero-order valence-corrected chi connectivity index (χ0v) is 15.7. The molecule has 0 aliphatic carbocycles. The zero-order valence-electron chi connectivity index (χ0n) is 15.7. The van der Waals surface area contributed by atoms with Crippen molar-refractivity contribution in [3.8, 4) is 5.75 Å². The first-order valence-corrected chi connectivity index (χ1v) is 8.58. The Hall–Kier alpha value is -2.96. The Balaban J connectivity index is 2.26. The molecular weight excluding hydrogens is 332 g/mol. The Labute approximate surface area is 151 Å². The van der Waals surface area contributed by atoms with E-state index >= 15 is 0 Å². The lowest BCUT2D eigenvalue weighted by Crippen LogP contribution is -2.20. The first kappa shape index (κ1) is 17.8. The second kappa shape index (κ2) is 6.74. The molecule has 0 spiro atoms. The number of nitrogens with one attached hydrogen (secondary N) is 2. The minimum atomic E-state index is -0.458. The molecule has 0 aliphatic rings. The Kier molecular flexibility index (Phi) is 4.63. The van der Waals surface area contributed by atoms with Crippen LogP contribution in [0, 0.1) is 13.8 Å². The van der Waals surface area contributed by atoms with Crippen LogP contribution in [0.3, 0.4) is 0 Å². The molecule has 2 heterocycles. The number of ether oxygens (including phenoxy) is 1. The maximum absolute atomic E-state index is 12.6. The highest BCUT2D eigenvalue weighted by molar-refractivity contribution is 5.46. The number of nitrogens with zero attached hydrogens (tertiary/aromatic N) is 2. The van der Waals surface area contributed by atoms with E-state index in [0.717, 1.165) is 22.7 Å². The van der Waals surface area contributed by atoms with Crippen molar-refractivity contribution in [1.29, 1.82) is 0 Å². The topological polar surface area (TPSA) is 84.8 Å². The first-order chi connectivity index (χ1) is 12.3. The van der Waals surface area contributed by atoms with Gasteiger partial charge in [-0.2, -0.15) is 0 Å². The van der Waals surface area contributed by atoms with E-state index in [2.05, 4.69) is 10.2 Å². The summed E-state index contributed by atoms with van der Waals surface area (Å²) in [6, 6.07) is 7.55. The van der Waals surface area contributed by atoms with Crippen LogP contribution >= 0.6 is 0 Å². The van der Waals surface area contributed by atoms with Crippen molar-refractivity contribution in [3.05, 3.63) is 73.1 Å². The smallest absolute Gasteiger partial charge is 0.268 e. The molecule has 0 saturated carbocycles. The van der Waals surface area contributed by atoms with Gasteiger partial charge in [-0.25, -0.2) is 0 Å². The molecule has 0 radical (unpaired) electrons. The summed E-state index contributed by atoms with van der Waals surface area (Å²) in [7, 11) is 3.58. The standard InChI is InChI=1S/C19H24N4O3/c1-6-26-14-9-7-13(8-10-14)17(15-11(2)22(4)20-18(15)24)16-12(3)23(5)21-19(16)25/h7-10,17H,6H2,1-5H3,(H,20,24)(H,21,25). The zero-order chi connectivity index (χ0) is 19.0. The Morgan fingerprint density at radius 1 is 0.923 bits per heavy atom. The van der Waals surface area contributed by atoms with E-state index in [1.165, 1.54) is 0 Å². The van der Waals surface area contributed by atoms with Crippen LogP contribution in [0.25, 0.3) is 0 Å². The molecule has 138 valence electrons. The SMILES string of the molecule is CCOc1ccc(C(c2c(C)n(C)[nH]c2=O)c2c(C)n(C)[nH]c2=O)cc1. The van der Waals surface area contributed by atoms with E-state index < -0.39 is 5.92 Å². The molecule has 0 atom stereocenters. The highest BCUT2D eigenvalue weighted by atomic mass is 16.5. The van der Waals surface area contributed by atoms with Crippen LogP contribution in [-0.4, -0.2) is 26.2 Å². The van der Waals surface area contributed by atoms with Crippen LogP contribution in [-0.2, 0) is 14.1 Å². The number of benzene rings is 1. The van der Waals surface area contributed by atoms with Gasteiger partial charge in [0.05, 0.1) is 17.7 Å². The van der Waals surface area contributed by atoms with Crippen molar-refractivity contribution < 1.29 is 4.74 Å². The van der Waals surface area contributed by atoms with Gasteiger partial charge in [-0.1, -0.05) is 12.1 Å². The van der Waals surface area contributed by atoms with Gasteiger partial charge in [-0.15, -0.1) is 0 Å². The minimum Gasteiger partial charge on any atom is -0.494 e. The van der Waals surface area contributed by atoms with E-state index in [1.54, 1.807) is 23.5 Å². The number of aromatic nitrogens is 4. The van der Waals surface area contributed by atoms with Crippen molar-refractivity contribution in [2.45, 2.75) is 26.7 Å². The molecule has 0 aliphatic heterocycles. The molecule has 0 bridgehead atoms. The molecule has 3 rings (SSSR count). The molecule has 2 N–H and O–H groups in total. The van der Waals surface area contributed by atoms with Gasteiger partial charge in [0, 0.05) is 31.4 Å². The normalized spacial score (nSPS) is 11.3. The molecule has 7 nitrogen and oxygen atoms in total. The summed E-state index contributed by atoms with van der Waals surface area (Å²) < 4.78 is 8.88. The van der Waals surface area contributed by atoms with Crippen LogP contribution in [0.2, 0.25) is 0 Å². The monoisotopic (exact) mass is 356 g/mol. The lowest BCUT2D eigenvalue weighted by atomic mass is 9.85. The summed E-state index contributed by atoms with van der Waals surface area (Å²) in [6.45, 7) is 6.26. The van der Waals surface area contributed by atoms with Gasteiger partial charge in [-0.05, 0) is 38.5 Å². The van der Waals surface area contributed by atoms with E-state index in [4.69, 9.17) is 4.74 Å². The number of aryl methyl sites for hydroxylation is 2. The molecule has 26 heavy (non-hydrogen) atoms. The van der Waals surface area contributed by atoms with E-state index in [1.807, 2.05) is 45.0 Å². The largest absolute Gasteiger partial charge is 0.494 e. The van der Waals surface area contributed by atoms with Gasteiger partial charge >= 0.3 is 0 Å². The average Bonchev–Trinajstić information content (AvgIpc) is 2.99. The van der Waals surface area contributed by atoms with Crippen LogP contribution in [0.5, 0.6) is 5.75 Å². The first-order valence-electron chi connectivity index (χ1n) is 8.58. The minimum absolute atomic E-state index is 0.188. The fourth-order valence-electron chi connectivity index (χ4n) is 3.36. The van der Waals surface area contributed by atoms with Gasteiger partial charge in [0.1, 0.15) is 5.75 Å². The van der Waals surface area contributed by atoms with Crippen LogP contribution in [0.15, 0.2) is 33.9 Å². The van der Waals surface area contributed by atoms with Crippen molar-refractivity contribution >= 4 is 0 Å². The number of rotatable bonds is 5. The molecule has 1 aromatic carbocycles. The number of aromatic amines is 2. The Bertz CT molecular complexity index is 974. The highest BCUT2D eigenvalue weighted by Crippen LogP contribution is 2.32. The van der Waals surface area contributed by atoms with Crippen LogP contribution in [0.1, 0.15) is 40.9 Å². The van der Waals surface area contributed by atoms with Crippen LogP contribution in [0.4, 0.5) is 0 Å². The highest BCUT2D eigenvalue weighted by Gasteiger charge is 2.29. The molecule has 2 aromatic heterocycles. The second-order valence-corrected chi connectivity index (χ2v) is 6.43. The quantitative estimate of drug-likeness (QED) is 0.733. The fourth-order valence-corrected chi connectivity index (χ4v) is 3.36. The van der Waals surface area contributed by atoms with Gasteiger partial charge in [0.25, 0.3) is 11.1 Å². The van der Waals surface area contributed by atoms with Crippen molar-refractivity contribution in [1.82, 2.24) is 19.6 Å². The summed E-state index contributed by atoms with van der Waals surface area (Å²) >= 11 is 0. The summed E-state index contributed by atoms with van der Waals surface area (Å²) in [6.07, 6.45) is 0. The van der Waals surface area contributed by atoms with Crippen molar-refractivity contribution in [2.24, 2.45) is 14.1 Å². The number of hydrogen-bond acceptors (Lipinski definition) is 3. The number of hydrogen-bond donors (Lipinski definition) is 2. The predicted molar refractivity (Wildman–Crippen MR) is 100 cm³/mol. The summed E-state index contributed by atoms with van der Waals surface area (Å²) in [5.41, 5.74) is 3.26. The summed E-state index contributed by atoms with van der Waals surface area (Å²) in [4.78, 5) is 25.3. The molecule has 0 saturated heterocycles. The lowest BCUT2D eigenvalue weighted by molar-refractivity contribution is 0.340. The second-order valence-electron chi connectivity index (χ2n) is 6.43. The molecule has 0 fully saturated rings. The predicted octanol–water partition coefficient (Wildman–Crippen LogP) is 1.94. The van der Waals surface area contributed by atoms with Gasteiger partial charge in [-0.3, -0.25) is 29.2 Å². The van der Waals surface area contributed by atoms with Gasteiger partial charge < -0.3 is 4.74 Å². The van der Waals surface area contributed by atoms with Gasteiger partial charge in [0.2, 0.25) is 0 Å². The van der Waals surface area contributed by atoms with Gasteiger partial charge in [0.15, 0.2) is 0 Å². The summed E-state index contributed by atoms with van der Waals surface area (Å²) in [5, 5.41) is 5.58. The van der Waals surface area contributed by atoms with E-state index in [0.29, 0.717) is 17.7 Å². The molecule has 3 aromatic rings. The van der Waals surface area contributed by atoms with E-state index in [9.17, 15) is 9.59 Å². The Morgan fingerprint density at radius 3 is 1.73 bits per heavy atom. The van der Waals surface area contributed by atoms with E-state index in [-0.39, 0.29) is 11.1 Å². The van der Waals surface area contributed by atoms with Crippen molar-refractivity contribution in [2.75, 3.05) is 6.61 Å². The summed E-state index contributed by atoms with van der Waals surface area (Å²) in [5.74, 6) is 0.299. The lowest BCUT2D eigenvalue weighted by Gasteiger charge is -2.17. The molecular formula is C19H24N4O3. The third-order valence-electron chi connectivity index (χ3n) is 4.92. The molecule has 0 unspecified atom stereocenters.